The van der Waals surface area contributed by atoms with Gasteiger partial charge in [-0.05, 0) is 82.1 Å². The highest BCUT2D eigenvalue weighted by molar-refractivity contribution is 9.10. The van der Waals surface area contributed by atoms with E-state index < -0.39 is 0 Å². The molecule has 0 amide bonds. The van der Waals surface area contributed by atoms with Crippen LogP contribution in [0.1, 0.15) is 92.6 Å². The molecular formula is C27H34BBrO4. The van der Waals surface area contributed by atoms with E-state index in [4.69, 9.17) is 9.31 Å². The standard InChI is InChI=1S/C16H21BO3.C10H9BrO.CH4/c1-15(2)16(3,4)20-17(19-15)12-8-9-13-11(10-12)6-5-7-14(13)18;11-8-4-5-9-7(6-8)2-1-3-10(9)12;/h8-10H,5-7H2,1-4H3;4-6H,1-3H2;1H4. The molecule has 0 saturated carbocycles. The van der Waals surface area contributed by atoms with Crippen LogP contribution in [0.25, 0.3) is 0 Å². The topological polar surface area (TPSA) is 52.6 Å². The van der Waals surface area contributed by atoms with Crippen molar-refractivity contribution in [1.82, 2.24) is 0 Å². The highest BCUT2D eigenvalue weighted by Gasteiger charge is 2.51. The van der Waals surface area contributed by atoms with Crippen LogP contribution in [-0.4, -0.2) is 29.9 Å². The molecule has 0 radical (unpaired) electrons. The summed E-state index contributed by atoms with van der Waals surface area (Å²) in [6, 6.07) is 11.9. The van der Waals surface area contributed by atoms with Gasteiger partial charge in [-0.1, -0.05) is 47.6 Å². The minimum Gasteiger partial charge on any atom is -0.399 e. The van der Waals surface area contributed by atoms with Crippen LogP contribution in [0.2, 0.25) is 0 Å². The zero-order chi connectivity index (χ0) is 23.1. The molecule has 2 aliphatic carbocycles. The largest absolute Gasteiger partial charge is 0.494 e. The molecule has 0 unspecified atom stereocenters. The zero-order valence-corrected chi connectivity index (χ0v) is 20.9. The number of ketones is 2. The molecule has 1 saturated heterocycles. The van der Waals surface area contributed by atoms with Crippen molar-refractivity contribution in [2.45, 2.75) is 84.8 Å². The van der Waals surface area contributed by atoms with Gasteiger partial charge >= 0.3 is 7.12 Å². The molecule has 5 rings (SSSR count). The highest BCUT2D eigenvalue weighted by Crippen LogP contribution is 2.36. The van der Waals surface area contributed by atoms with Gasteiger partial charge in [-0.25, -0.2) is 0 Å². The number of carbonyl (C=O) groups is 2. The molecule has 0 bridgehead atoms. The Morgan fingerprint density at radius 1 is 0.758 bits per heavy atom. The summed E-state index contributed by atoms with van der Waals surface area (Å²) >= 11 is 3.40. The summed E-state index contributed by atoms with van der Waals surface area (Å²) in [6.45, 7) is 8.20. The molecule has 176 valence electrons. The predicted molar refractivity (Wildman–Crippen MR) is 138 cm³/mol. The Morgan fingerprint density at radius 2 is 1.24 bits per heavy atom. The van der Waals surface area contributed by atoms with E-state index in [0.717, 1.165) is 52.3 Å². The quantitative estimate of drug-likeness (QED) is 0.432. The second-order valence-electron chi connectivity index (χ2n) is 9.86. The number of halogens is 1. The lowest BCUT2D eigenvalue weighted by Gasteiger charge is -2.32. The number of aryl methyl sites for hydroxylation is 2. The fourth-order valence-corrected chi connectivity index (χ4v) is 4.82. The average Bonchev–Trinajstić information content (AvgIpc) is 2.95. The van der Waals surface area contributed by atoms with Crippen molar-refractivity contribution in [3.8, 4) is 0 Å². The first kappa shape index (κ1) is 25.9. The van der Waals surface area contributed by atoms with Gasteiger partial charge < -0.3 is 9.31 Å². The van der Waals surface area contributed by atoms with Crippen molar-refractivity contribution in [3.63, 3.8) is 0 Å². The lowest BCUT2D eigenvalue weighted by Crippen LogP contribution is -2.41. The first-order chi connectivity index (χ1) is 15.1. The summed E-state index contributed by atoms with van der Waals surface area (Å²) in [4.78, 5) is 23.2. The summed E-state index contributed by atoms with van der Waals surface area (Å²) in [5.41, 5.74) is 4.47. The summed E-state index contributed by atoms with van der Waals surface area (Å²) in [5, 5.41) is 0. The monoisotopic (exact) mass is 512 g/mol. The zero-order valence-electron chi connectivity index (χ0n) is 19.3. The molecule has 1 heterocycles. The first-order valence-electron chi connectivity index (χ1n) is 11.4. The molecule has 6 heteroatoms. The molecule has 0 spiro atoms. The summed E-state index contributed by atoms with van der Waals surface area (Å²) in [5.74, 6) is 0.551. The maximum Gasteiger partial charge on any atom is 0.494 e. The van der Waals surface area contributed by atoms with E-state index in [9.17, 15) is 9.59 Å². The molecule has 4 nitrogen and oxygen atoms in total. The van der Waals surface area contributed by atoms with Crippen molar-refractivity contribution in [1.29, 1.82) is 0 Å². The Hall–Kier alpha value is -1.76. The molecule has 2 aromatic carbocycles. The van der Waals surface area contributed by atoms with Gasteiger partial charge in [0.2, 0.25) is 0 Å². The van der Waals surface area contributed by atoms with Crippen molar-refractivity contribution in [3.05, 3.63) is 63.1 Å². The van der Waals surface area contributed by atoms with E-state index in [2.05, 4.69) is 49.7 Å². The summed E-state index contributed by atoms with van der Waals surface area (Å²) in [6.07, 6.45) is 5.34. The van der Waals surface area contributed by atoms with E-state index in [1.54, 1.807) is 0 Å². The molecule has 1 aliphatic heterocycles. The number of hydrogen-bond acceptors (Lipinski definition) is 4. The first-order valence-corrected chi connectivity index (χ1v) is 12.2. The molecule has 3 aliphatic rings. The van der Waals surface area contributed by atoms with E-state index in [0.29, 0.717) is 18.6 Å². The summed E-state index contributed by atoms with van der Waals surface area (Å²) < 4.78 is 13.2. The van der Waals surface area contributed by atoms with Crippen LogP contribution < -0.4 is 5.46 Å². The van der Waals surface area contributed by atoms with Gasteiger partial charge in [-0.15, -0.1) is 0 Å². The summed E-state index contributed by atoms with van der Waals surface area (Å²) in [7, 11) is -0.345. The molecule has 0 N–H and O–H groups in total. The minimum atomic E-state index is -0.345. The average molecular weight is 513 g/mol. The SMILES string of the molecule is C.CC1(C)OB(c2ccc3c(c2)CCCC3=O)OC1(C)C.O=C1CCCc2cc(Br)ccc21. The Labute approximate surface area is 206 Å². The van der Waals surface area contributed by atoms with Crippen LogP contribution in [0.4, 0.5) is 0 Å². The number of Topliss-reactive ketones (excluding diaryl/α,β-unsaturated/α-hetero) is 2. The van der Waals surface area contributed by atoms with Crippen LogP contribution in [0, 0.1) is 0 Å². The van der Waals surface area contributed by atoms with Gasteiger partial charge in [0, 0.05) is 28.4 Å². The smallest absolute Gasteiger partial charge is 0.399 e. The van der Waals surface area contributed by atoms with E-state index in [1.807, 2.05) is 30.3 Å². The van der Waals surface area contributed by atoms with Crippen molar-refractivity contribution in [2.75, 3.05) is 0 Å². The Bertz CT molecular complexity index is 1040. The number of benzene rings is 2. The number of rotatable bonds is 1. The predicted octanol–water partition coefficient (Wildman–Crippen LogP) is 6.11. The van der Waals surface area contributed by atoms with Gasteiger partial charge in [-0.2, -0.15) is 0 Å². The normalized spacial score (nSPS) is 20.2. The second kappa shape index (κ2) is 9.85. The van der Waals surface area contributed by atoms with Crippen LogP contribution in [0.3, 0.4) is 0 Å². The van der Waals surface area contributed by atoms with Gasteiger partial charge in [0.15, 0.2) is 11.6 Å². The van der Waals surface area contributed by atoms with Crippen molar-refractivity contribution < 1.29 is 18.9 Å². The fraction of sp³-hybridized carbons (Fsp3) is 0.481. The molecule has 33 heavy (non-hydrogen) atoms. The van der Waals surface area contributed by atoms with Crippen molar-refractivity contribution in [2.24, 2.45) is 0 Å². The highest BCUT2D eigenvalue weighted by atomic mass is 79.9. The Balaban J connectivity index is 0.000000202. The molecular weight excluding hydrogens is 479 g/mol. The lowest BCUT2D eigenvalue weighted by molar-refractivity contribution is 0.00578. The molecule has 2 aromatic rings. The van der Waals surface area contributed by atoms with Crippen molar-refractivity contribution >= 4 is 40.1 Å². The number of fused-ring (bicyclic) bond motifs is 2. The Morgan fingerprint density at radius 3 is 1.79 bits per heavy atom. The van der Waals surface area contributed by atoms with E-state index in [1.165, 1.54) is 5.56 Å². The van der Waals surface area contributed by atoms with Gasteiger partial charge in [0.05, 0.1) is 11.2 Å². The third-order valence-corrected chi connectivity index (χ3v) is 7.52. The van der Waals surface area contributed by atoms with Gasteiger partial charge in [-0.3, -0.25) is 9.59 Å². The molecule has 0 atom stereocenters. The number of hydrogen-bond donors (Lipinski definition) is 0. The Kier molecular flexibility index (Phi) is 7.72. The van der Waals surface area contributed by atoms with Gasteiger partial charge in [0.25, 0.3) is 0 Å². The molecule has 1 fully saturated rings. The van der Waals surface area contributed by atoms with E-state index in [-0.39, 0.29) is 31.5 Å². The minimum absolute atomic E-state index is 0. The second-order valence-corrected chi connectivity index (χ2v) is 10.8. The van der Waals surface area contributed by atoms with E-state index >= 15 is 0 Å². The van der Waals surface area contributed by atoms with Crippen LogP contribution in [-0.2, 0) is 22.2 Å². The van der Waals surface area contributed by atoms with Crippen LogP contribution in [0.15, 0.2) is 40.9 Å². The van der Waals surface area contributed by atoms with Crippen LogP contribution >= 0.6 is 15.9 Å². The third-order valence-electron chi connectivity index (χ3n) is 7.02. The van der Waals surface area contributed by atoms with Gasteiger partial charge in [0.1, 0.15) is 0 Å². The maximum atomic E-state index is 11.9. The third kappa shape index (κ3) is 5.34. The molecule has 0 aromatic heterocycles. The number of carbonyl (C=O) groups excluding carboxylic acids is 2. The maximum absolute atomic E-state index is 11.9. The lowest BCUT2D eigenvalue weighted by atomic mass is 9.76. The fourth-order valence-electron chi connectivity index (χ4n) is 4.41. The van der Waals surface area contributed by atoms with Crippen LogP contribution in [0.5, 0.6) is 0 Å².